The van der Waals surface area contributed by atoms with Gasteiger partial charge < -0.3 is 0 Å². The van der Waals surface area contributed by atoms with Gasteiger partial charge in [0.15, 0.2) is 0 Å². The molecule has 5 heteroatoms. The lowest BCUT2D eigenvalue weighted by molar-refractivity contribution is 0.539. The van der Waals surface area contributed by atoms with Gasteiger partial charge in [0, 0.05) is 17.5 Å². The molecule has 0 saturated heterocycles. The summed E-state index contributed by atoms with van der Waals surface area (Å²) >= 11 is 1.73. The van der Waals surface area contributed by atoms with E-state index in [9.17, 15) is 0 Å². The van der Waals surface area contributed by atoms with Crippen LogP contribution in [0.15, 0.2) is 29.8 Å². The van der Waals surface area contributed by atoms with Crippen LogP contribution < -0.4 is 11.3 Å². The van der Waals surface area contributed by atoms with E-state index in [0.717, 1.165) is 17.9 Å². The minimum atomic E-state index is 0.0420. The van der Waals surface area contributed by atoms with Crippen LogP contribution in [0.2, 0.25) is 0 Å². The third kappa shape index (κ3) is 2.63. The number of rotatable bonds is 4. The molecule has 1 unspecified atom stereocenters. The van der Waals surface area contributed by atoms with E-state index in [2.05, 4.69) is 26.8 Å². The molecule has 2 heterocycles. The first kappa shape index (κ1) is 11.2. The second-order valence-electron chi connectivity index (χ2n) is 3.53. The van der Waals surface area contributed by atoms with Crippen LogP contribution in [0.4, 0.5) is 0 Å². The highest BCUT2D eigenvalue weighted by Crippen LogP contribution is 2.18. The van der Waals surface area contributed by atoms with Crippen LogP contribution in [0.1, 0.15) is 22.4 Å². The summed E-state index contributed by atoms with van der Waals surface area (Å²) < 4.78 is 0. The lowest BCUT2D eigenvalue weighted by Gasteiger charge is -2.14. The Morgan fingerprint density at radius 2 is 2.38 bits per heavy atom. The molecule has 0 saturated carbocycles. The summed E-state index contributed by atoms with van der Waals surface area (Å²) in [7, 11) is 0. The van der Waals surface area contributed by atoms with E-state index in [1.807, 2.05) is 19.1 Å². The van der Waals surface area contributed by atoms with Crippen molar-refractivity contribution in [1.29, 1.82) is 0 Å². The maximum Gasteiger partial charge on any atom is 0.125 e. The van der Waals surface area contributed by atoms with Crippen molar-refractivity contribution in [3.63, 3.8) is 0 Å². The van der Waals surface area contributed by atoms with Crippen LogP contribution >= 0.6 is 11.3 Å². The van der Waals surface area contributed by atoms with Gasteiger partial charge in [0.05, 0.1) is 11.7 Å². The Bertz CT molecular complexity index is 441. The first-order valence-electron chi connectivity index (χ1n) is 5.07. The van der Waals surface area contributed by atoms with E-state index in [-0.39, 0.29) is 6.04 Å². The largest absolute Gasteiger partial charge is 0.271 e. The van der Waals surface area contributed by atoms with Gasteiger partial charge in [-0.25, -0.2) is 9.97 Å². The summed E-state index contributed by atoms with van der Waals surface area (Å²) in [5, 5.41) is 2.06. The zero-order valence-corrected chi connectivity index (χ0v) is 9.87. The molecule has 0 amide bonds. The Morgan fingerprint density at radius 1 is 1.50 bits per heavy atom. The molecule has 4 nitrogen and oxygen atoms in total. The molecule has 1 atom stereocenters. The Kier molecular flexibility index (Phi) is 3.61. The number of thiophene rings is 1. The van der Waals surface area contributed by atoms with Gasteiger partial charge in [-0.15, -0.1) is 11.3 Å². The van der Waals surface area contributed by atoms with Gasteiger partial charge in [0.1, 0.15) is 5.82 Å². The molecular weight excluding hydrogens is 220 g/mol. The van der Waals surface area contributed by atoms with Crippen molar-refractivity contribution in [2.75, 3.05) is 0 Å². The van der Waals surface area contributed by atoms with Gasteiger partial charge in [0.25, 0.3) is 0 Å². The highest BCUT2D eigenvalue weighted by Gasteiger charge is 2.12. The predicted octanol–water partition coefficient (Wildman–Crippen LogP) is 1.59. The van der Waals surface area contributed by atoms with Gasteiger partial charge in [-0.1, -0.05) is 6.07 Å². The van der Waals surface area contributed by atoms with Crippen LogP contribution in [-0.4, -0.2) is 9.97 Å². The first-order valence-corrected chi connectivity index (χ1v) is 5.95. The van der Waals surface area contributed by atoms with Crippen LogP contribution in [0.3, 0.4) is 0 Å². The van der Waals surface area contributed by atoms with Crippen molar-refractivity contribution in [3.05, 3.63) is 46.2 Å². The normalized spacial score (nSPS) is 12.6. The molecule has 16 heavy (non-hydrogen) atoms. The second kappa shape index (κ2) is 5.16. The van der Waals surface area contributed by atoms with Gasteiger partial charge in [-0.3, -0.25) is 11.3 Å². The number of nitrogens with one attached hydrogen (secondary N) is 1. The second-order valence-corrected chi connectivity index (χ2v) is 4.56. The van der Waals surface area contributed by atoms with Gasteiger partial charge in [-0.2, -0.15) is 0 Å². The Labute approximate surface area is 98.5 Å². The monoisotopic (exact) mass is 234 g/mol. The SMILES string of the molecule is Cc1nccc(C(Cc2cccs2)NN)n1. The van der Waals surface area contributed by atoms with Gasteiger partial charge >= 0.3 is 0 Å². The average Bonchev–Trinajstić information content (AvgIpc) is 2.78. The van der Waals surface area contributed by atoms with E-state index in [4.69, 9.17) is 5.84 Å². The number of aryl methyl sites for hydroxylation is 1. The lowest BCUT2D eigenvalue weighted by atomic mass is 10.1. The fraction of sp³-hybridized carbons (Fsp3) is 0.273. The summed E-state index contributed by atoms with van der Waals surface area (Å²) in [5.74, 6) is 6.33. The minimum Gasteiger partial charge on any atom is -0.271 e. The molecule has 0 aromatic carbocycles. The molecule has 0 bridgehead atoms. The quantitative estimate of drug-likeness (QED) is 0.623. The number of hydrazine groups is 1. The Balaban J connectivity index is 2.16. The highest BCUT2D eigenvalue weighted by atomic mass is 32.1. The third-order valence-corrected chi connectivity index (χ3v) is 3.24. The molecule has 2 aromatic heterocycles. The fourth-order valence-electron chi connectivity index (χ4n) is 1.55. The van der Waals surface area contributed by atoms with Crippen molar-refractivity contribution >= 4 is 11.3 Å². The minimum absolute atomic E-state index is 0.0420. The molecule has 2 aromatic rings. The van der Waals surface area contributed by atoms with Crippen molar-refractivity contribution < 1.29 is 0 Å². The summed E-state index contributed by atoms with van der Waals surface area (Å²) in [6.07, 6.45) is 2.61. The highest BCUT2D eigenvalue weighted by molar-refractivity contribution is 7.09. The average molecular weight is 234 g/mol. The summed E-state index contributed by atoms with van der Waals surface area (Å²) in [6.45, 7) is 1.88. The summed E-state index contributed by atoms with van der Waals surface area (Å²) in [5.41, 5.74) is 3.73. The van der Waals surface area contributed by atoms with Crippen molar-refractivity contribution in [2.45, 2.75) is 19.4 Å². The Morgan fingerprint density at radius 3 is 3.00 bits per heavy atom. The van der Waals surface area contributed by atoms with E-state index in [0.29, 0.717) is 0 Å². The standard InChI is InChI=1S/C11H14N4S/c1-8-13-5-4-10(14-8)11(15-12)7-9-3-2-6-16-9/h2-6,11,15H,7,12H2,1H3. The van der Waals surface area contributed by atoms with Crippen LogP contribution in [0.25, 0.3) is 0 Å². The molecule has 0 fully saturated rings. The van der Waals surface area contributed by atoms with Gasteiger partial charge in [0.2, 0.25) is 0 Å². The molecule has 0 radical (unpaired) electrons. The maximum absolute atomic E-state index is 5.57. The molecule has 0 spiro atoms. The van der Waals surface area contributed by atoms with E-state index >= 15 is 0 Å². The van der Waals surface area contributed by atoms with E-state index in [1.54, 1.807) is 17.5 Å². The van der Waals surface area contributed by atoms with Crippen LogP contribution in [-0.2, 0) is 6.42 Å². The third-order valence-electron chi connectivity index (χ3n) is 2.34. The molecule has 3 N–H and O–H groups in total. The van der Waals surface area contributed by atoms with Crippen LogP contribution in [0.5, 0.6) is 0 Å². The molecule has 0 aliphatic rings. The van der Waals surface area contributed by atoms with E-state index in [1.165, 1.54) is 4.88 Å². The number of nitrogens with two attached hydrogens (primary N) is 1. The fourth-order valence-corrected chi connectivity index (χ4v) is 2.30. The molecule has 0 aliphatic heterocycles. The van der Waals surface area contributed by atoms with E-state index < -0.39 is 0 Å². The van der Waals surface area contributed by atoms with Crippen molar-refractivity contribution in [3.8, 4) is 0 Å². The number of hydrogen-bond donors (Lipinski definition) is 2. The van der Waals surface area contributed by atoms with Crippen LogP contribution in [0, 0.1) is 6.92 Å². The molecule has 2 rings (SSSR count). The molecule has 84 valence electrons. The topological polar surface area (TPSA) is 63.8 Å². The smallest absolute Gasteiger partial charge is 0.125 e. The first-order chi connectivity index (χ1) is 7.79. The Hall–Kier alpha value is -1.30. The van der Waals surface area contributed by atoms with Crippen molar-refractivity contribution in [2.24, 2.45) is 5.84 Å². The number of aromatic nitrogens is 2. The zero-order valence-electron chi connectivity index (χ0n) is 9.05. The maximum atomic E-state index is 5.57. The lowest BCUT2D eigenvalue weighted by Crippen LogP contribution is -2.30. The molecular formula is C11H14N4S. The number of nitrogens with zero attached hydrogens (tertiary/aromatic N) is 2. The van der Waals surface area contributed by atoms with Gasteiger partial charge in [-0.05, 0) is 24.4 Å². The van der Waals surface area contributed by atoms with Crippen molar-refractivity contribution in [1.82, 2.24) is 15.4 Å². The summed E-state index contributed by atoms with van der Waals surface area (Å²) in [6, 6.07) is 6.08. The molecule has 0 aliphatic carbocycles. The zero-order chi connectivity index (χ0) is 11.4. The predicted molar refractivity (Wildman–Crippen MR) is 64.9 cm³/mol. The number of hydrogen-bond acceptors (Lipinski definition) is 5. The summed E-state index contributed by atoms with van der Waals surface area (Å²) in [4.78, 5) is 9.74.